The van der Waals surface area contributed by atoms with Crippen LogP contribution in [0.3, 0.4) is 0 Å². The molecule has 30 heavy (non-hydrogen) atoms. The first-order chi connectivity index (χ1) is 14.5. The largest absolute Gasteiger partial charge is 0.493 e. The van der Waals surface area contributed by atoms with Gasteiger partial charge >= 0.3 is 5.63 Å². The van der Waals surface area contributed by atoms with Crippen LogP contribution in [0.15, 0.2) is 57.9 Å². The zero-order valence-electron chi connectivity index (χ0n) is 16.8. The Kier molecular flexibility index (Phi) is 5.10. The molecule has 0 aliphatic heterocycles. The van der Waals surface area contributed by atoms with Crippen LogP contribution >= 0.6 is 0 Å². The van der Waals surface area contributed by atoms with Crippen molar-refractivity contribution in [1.29, 1.82) is 0 Å². The molecule has 4 aromatic rings. The maximum Gasteiger partial charge on any atom is 0.340 e. The fourth-order valence-corrected chi connectivity index (χ4v) is 3.54. The zero-order chi connectivity index (χ0) is 21.3. The molecule has 0 radical (unpaired) electrons. The highest BCUT2D eigenvalue weighted by molar-refractivity contribution is 6.02. The maximum atomic E-state index is 12.7. The molecular weight excluding hydrogens is 384 g/mol. The number of amides is 1. The van der Waals surface area contributed by atoms with Crippen LogP contribution in [0.5, 0.6) is 11.5 Å². The third kappa shape index (κ3) is 3.34. The molecule has 0 bridgehead atoms. The Balaban J connectivity index is 1.70. The summed E-state index contributed by atoms with van der Waals surface area (Å²) in [6.07, 6.45) is 1.58. The van der Waals surface area contributed by atoms with Gasteiger partial charge in [-0.15, -0.1) is 0 Å². The van der Waals surface area contributed by atoms with Crippen LogP contribution < -0.4 is 20.4 Å². The topological polar surface area (TPSA) is 90.7 Å². The molecule has 152 valence electrons. The molecule has 2 aromatic heterocycles. The van der Waals surface area contributed by atoms with Gasteiger partial charge in [0.2, 0.25) is 11.7 Å². The molecule has 1 amide bonds. The summed E-state index contributed by atoms with van der Waals surface area (Å²) >= 11 is 0. The molecular formula is C23H20N2O5. The minimum Gasteiger partial charge on any atom is -0.493 e. The molecule has 0 spiro atoms. The molecule has 2 heterocycles. The molecule has 0 aliphatic rings. The van der Waals surface area contributed by atoms with Gasteiger partial charge in [0, 0.05) is 17.0 Å². The quantitative estimate of drug-likeness (QED) is 0.508. The summed E-state index contributed by atoms with van der Waals surface area (Å²) in [5, 5.41) is 4.38. The van der Waals surface area contributed by atoms with Crippen molar-refractivity contribution in [3.05, 3.63) is 70.2 Å². The second-order valence-electron chi connectivity index (χ2n) is 6.77. The second kappa shape index (κ2) is 7.87. The molecule has 7 nitrogen and oxygen atoms in total. The highest BCUT2D eigenvalue weighted by Crippen LogP contribution is 2.36. The molecule has 0 fully saturated rings. The number of benzene rings is 2. The van der Waals surface area contributed by atoms with Gasteiger partial charge in [0.1, 0.15) is 0 Å². The summed E-state index contributed by atoms with van der Waals surface area (Å²) in [4.78, 5) is 29.7. The number of pyridine rings is 1. The summed E-state index contributed by atoms with van der Waals surface area (Å²) in [5.74, 6) is 0.485. The smallest absolute Gasteiger partial charge is 0.340 e. The van der Waals surface area contributed by atoms with Gasteiger partial charge in [0.15, 0.2) is 11.3 Å². The van der Waals surface area contributed by atoms with E-state index in [0.717, 1.165) is 10.9 Å². The Bertz CT molecular complexity index is 1320. The third-order valence-corrected chi connectivity index (χ3v) is 5.06. The fraction of sp³-hybridized carbons (Fsp3) is 0.174. The van der Waals surface area contributed by atoms with Crippen molar-refractivity contribution in [3.63, 3.8) is 0 Å². The van der Waals surface area contributed by atoms with Crippen molar-refractivity contribution in [1.82, 2.24) is 4.98 Å². The predicted molar refractivity (Wildman–Crippen MR) is 114 cm³/mol. The summed E-state index contributed by atoms with van der Waals surface area (Å²) in [7, 11) is 2.99. The second-order valence-corrected chi connectivity index (χ2v) is 6.77. The van der Waals surface area contributed by atoms with Gasteiger partial charge in [-0.25, -0.2) is 4.79 Å². The number of methoxy groups -OCH3 is 2. The molecule has 0 aliphatic carbocycles. The van der Waals surface area contributed by atoms with E-state index < -0.39 is 5.63 Å². The van der Waals surface area contributed by atoms with E-state index in [-0.39, 0.29) is 12.3 Å². The first kappa shape index (κ1) is 19.4. The normalized spacial score (nSPS) is 10.9. The third-order valence-electron chi connectivity index (χ3n) is 5.06. The molecule has 2 aromatic carbocycles. The van der Waals surface area contributed by atoms with Crippen molar-refractivity contribution < 1.29 is 18.7 Å². The van der Waals surface area contributed by atoms with E-state index in [1.807, 2.05) is 24.3 Å². The number of aromatic nitrogens is 1. The number of carbonyl (C=O) groups is 1. The minimum absolute atomic E-state index is 0.116. The van der Waals surface area contributed by atoms with Crippen molar-refractivity contribution in [3.8, 4) is 11.5 Å². The van der Waals surface area contributed by atoms with Gasteiger partial charge in [-0.3, -0.25) is 9.78 Å². The lowest BCUT2D eigenvalue weighted by atomic mass is 10.0. The van der Waals surface area contributed by atoms with E-state index in [4.69, 9.17) is 13.9 Å². The van der Waals surface area contributed by atoms with Crippen LogP contribution in [-0.2, 0) is 11.2 Å². The summed E-state index contributed by atoms with van der Waals surface area (Å²) in [6.45, 7) is 1.79. The van der Waals surface area contributed by atoms with E-state index in [2.05, 4.69) is 10.3 Å². The number of anilines is 1. The number of ether oxygens (including phenoxy) is 2. The minimum atomic E-state index is -0.582. The average molecular weight is 404 g/mol. The van der Waals surface area contributed by atoms with E-state index in [1.165, 1.54) is 14.2 Å². The van der Waals surface area contributed by atoms with E-state index in [9.17, 15) is 9.59 Å². The van der Waals surface area contributed by atoms with E-state index >= 15 is 0 Å². The molecule has 7 heteroatoms. The molecule has 0 saturated heterocycles. The first-order valence-electron chi connectivity index (χ1n) is 9.34. The highest BCUT2D eigenvalue weighted by atomic mass is 16.5. The lowest BCUT2D eigenvalue weighted by molar-refractivity contribution is -0.115. The fourth-order valence-electron chi connectivity index (χ4n) is 3.54. The van der Waals surface area contributed by atoms with Gasteiger partial charge in [-0.05, 0) is 48.9 Å². The highest BCUT2D eigenvalue weighted by Gasteiger charge is 2.19. The van der Waals surface area contributed by atoms with Crippen molar-refractivity contribution in [2.75, 3.05) is 19.5 Å². The SMILES string of the molecule is COc1ccc2c(C)c(CC(=O)Nc3cccc4ncccc34)c(=O)oc2c1OC. The van der Waals surface area contributed by atoms with Gasteiger partial charge < -0.3 is 19.2 Å². The number of rotatable bonds is 5. The van der Waals surface area contributed by atoms with Crippen LogP contribution in [0.2, 0.25) is 0 Å². The predicted octanol–water partition coefficient (Wildman–Crippen LogP) is 3.85. The lowest BCUT2D eigenvalue weighted by Gasteiger charge is -2.13. The lowest BCUT2D eigenvalue weighted by Crippen LogP contribution is -2.21. The van der Waals surface area contributed by atoms with Crippen LogP contribution in [0.25, 0.3) is 21.9 Å². The first-order valence-corrected chi connectivity index (χ1v) is 9.34. The van der Waals surface area contributed by atoms with Crippen LogP contribution in [0, 0.1) is 6.92 Å². The number of hydrogen-bond acceptors (Lipinski definition) is 6. The Morgan fingerprint density at radius 2 is 1.90 bits per heavy atom. The standard InChI is InChI=1S/C23H20N2O5/c1-13-14-9-10-19(28-2)22(29-3)21(14)30-23(27)16(13)12-20(26)25-18-8-4-7-17-15(18)6-5-11-24-17/h4-11H,12H2,1-3H3,(H,25,26). The van der Waals surface area contributed by atoms with Crippen LogP contribution in [0.4, 0.5) is 5.69 Å². The van der Waals surface area contributed by atoms with Gasteiger partial charge in [0.05, 0.1) is 37.4 Å². The molecule has 0 saturated carbocycles. The summed E-state index contributed by atoms with van der Waals surface area (Å²) in [6, 6.07) is 12.7. The van der Waals surface area contributed by atoms with Gasteiger partial charge in [-0.1, -0.05) is 6.07 Å². The van der Waals surface area contributed by atoms with Crippen molar-refractivity contribution in [2.45, 2.75) is 13.3 Å². The number of hydrogen-bond donors (Lipinski definition) is 1. The number of fused-ring (bicyclic) bond motifs is 2. The Morgan fingerprint density at radius 3 is 2.67 bits per heavy atom. The molecule has 0 unspecified atom stereocenters. The van der Waals surface area contributed by atoms with Crippen molar-refractivity contribution >= 4 is 33.5 Å². The van der Waals surface area contributed by atoms with Gasteiger partial charge in [-0.2, -0.15) is 0 Å². The Hall–Kier alpha value is -3.87. The van der Waals surface area contributed by atoms with E-state index in [0.29, 0.717) is 39.3 Å². The molecule has 4 rings (SSSR count). The summed E-state index contributed by atoms with van der Waals surface area (Å²) in [5.41, 5.74) is 2.09. The zero-order valence-corrected chi connectivity index (χ0v) is 16.8. The number of aryl methyl sites for hydroxylation is 1. The number of nitrogens with zero attached hydrogens (tertiary/aromatic N) is 1. The van der Waals surface area contributed by atoms with Crippen LogP contribution in [0.1, 0.15) is 11.1 Å². The number of carbonyl (C=O) groups excluding carboxylic acids is 1. The Morgan fingerprint density at radius 1 is 1.07 bits per heavy atom. The molecule has 0 atom stereocenters. The van der Waals surface area contributed by atoms with Gasteiger partial charge in [0.25, 0.3) is 0 Å². The van der Waals surface area contributed by atoms with Crippen LogP contribution in [-0.4, -0.2) is 25.1 Å². The van der Waals surface area contributed by atoms with E-state index in [1.54, 1.807) is 31.3 Å². The Labute approximate surface area is 172 Å². The maximum absolute atomic E-state index is 12.7. The number of nitrogens with one attached hydrogen (secondary N) is 1. The molecule has 1 N–H and O–H groups in total. The average Bonchev–Trinajstić information content (AvgIpc) is 2.76. The van der Waals surface area contributed by atoms with Crippen molar-refractivity contribution in [2.24, 2.45) is 0 Å². The monoisotopic (exact) mass is 404 g/mol. The summed E-state index contributed by atoms with van der Waals surface area (Å²) < 4.78 is 16.1.